The van der Waals surface area contributed by atoms with Crippen LogP contribution in [0.5, 0.6) is 0 Å². The van der Waals surface area contributed by atoms with Crippen LogP contribution in [0.3, 0.4) is 0 Å². The third kappa shape index (κ3) is 6.49. The molecular weight excluding hydrogens is 723 g/mol. The number of aromatic nitrogens is 5. The molecular formula is C53H33N5O. The summed E-state index contributed by atoms with van der Waals surface area (Å²) < 4.78 is 6.43. The molecule has 59 heavy (non-hydrogen) atoms. The summed E-state index contributed by atoms with van der Waals surface area (Å²) in [7, 11) is 0. The molecule has 6 heteroatoms. The molecule has 0 radical (unpaired) electrons. The number of hydrogen-bond donors (Lipinski definition) is 0. The standard InChI is InChI=1S/C53H33N5O/c1-3-17-36(18-4-1)46-32-48(56-51(54-46)43-25-13-21-34-15-7-9-23-41(34)43)38-29-39(31-40(30-38)53-58-45-27-11-12-28-50(45)59-53)49-33-47(37-19-5-2-6-20-37)55-52(57-49)44-26-14-22-35-16-8-10-24-42(35)44/h1-33H. The monoisotopic (exact) mass is 755 g/mol. The molecule has 0 saturated heterocycles. The Bertz CT molecular complexity index is 3110. The van der Waals surface area contributed by atoms with Gasteiger partial charge in [0, 0.05) is 38.9 Å². The van der Waals surface area contributed by atoms with Gasteiger partial charge in [0.25, 0.3) is 0 Å². The van der Waals surface area contributed by atoms with Gasteiger partial charge in [-0.15, -0.1) is 0 Å². The van der Waals surface area contributed by atoms with E-state index in [-0.39, 0.29) is 0 Å². The van der Waals surface area contributed by atoms with E-state index in [1.165, 1.54) is 0 Å². The molecule has 6 nitrogen and oxygen atoms in total. The number of oxazole rings is 1. The van der Waals surface area contributed by atoms with Crippen molar-refractivity contribution in [3.63, 3.8) is 0 Å². The molecule has 0 bridgehead atoms. The average Bonchev–Trinajstić information content (AvgIpc) is 3.76. The van der Waals surface area contributed by atoms with E-state index < -0.39 is 0 Å². The molecule has 0 atom stereocenters. The van der Waals surface area contributed by atoms with E-state index in [1.807, 2.05) is 60.7 Å². The zero-order valence-corrected chi connectivity index (χ0v) is 31.7. The minimum Gasteiger partial charge on any atom is -0.436 e. The Morgan fingerprint density at radius 1 is 0.305 bits per heavy atom. The van der Waals surface area contributed by atoms with Crippen LogP contribution in [0.25, 0.3) is 112 Å². The lowest BCUT2D eigenvalue weighted by Crippen LogP contribution is -1.99. The maximum Gasteiger partial charge on any atom is 0.227 e. The van der Waals surface area contributed by atoms with E-state index in [1.54, 1.807) is 0 Å². The Morgan fingerprint density at radius 2 is 0.729 bits per heavy atom. The lowest BCUT2D eigenvalue weighted by atomic mass is 9.98. The average molecular weight is 756 g/mol. The summed E-state index contributed by atoms with van der Waals surface area (Å²) in [5.74, 6) is 1.78. The van der Waals surface area contributed by atoms with Gasteiger partial charge < -0.3 is 4.42 Å². The summed E-state index contributed by atoms with van der Waals surface area (Å²) in [5, 5.41) is 4.42. The first-order valence-electron chi connectivity index (χ1n) is 19.6. The first-order chi connectivity index (χ1) is 29.2. The Kier molecular flexibility index (Phi) is 8.37. The van der Waals surface area contributed by atoms with E-state index in [9.17, 15) is 0 Å². The van der Waals surface area contributed by atoms with Crippen molar-refractivity contribution in [1.82, 2.24) is 24.9 Å². The highest BCUT2D eigenvalue weighted by molar-refractivity contribution is 5.97. The van der Waals surface area contributed by atoms with Crippen LogP contribution >= 0.6 is 0 Å². The van der Waals surface area contributed by atoms with Crippen LogP contribution in [0.1, 0.15) is 0 Å². The third-order valence-corrected chi connectivity index (χ3v) is 10.7. The lowest BCUT2D eigenvalue weighted by Gasteiger charge is -2.14. The number of rotatable bonds is 7. The predicted molar refractivity (Wildman–Crippen MR) is 238 cm³/mol. The molecule has 8 aromatic carbocycles. The molecule has 11 rings (SSSR count). The first-order valence-corrected chi connectivity index (χ1v) is 19.6. The number of para-hydroxylation sites is 2. The third-order valence-electron chi connectivity index (χ3n) is 10.7. The second kappa shape index (κ2) is 14.4. The van der Waals surface area contributed by atoms with E-state index >= 15 is 0 Å². The molecule has 0 amide bonds. The highest BCUT2D eigenvalue weighted by Crippen LogP contribution is 2.38. The number of nitrogens with zero attached hydrogens (tertiary/aromatic N) is 5. The molecule has 11 aromatic rings. The Hall–Kier alpha value is -8.09. The Labute approximate surface area is 340 Å². The van der Waals surface area contributed by atoms with Crippen molar-refractivity contribution in [3.8, 4) is 79.3 Å². The Morgan fingerprint density at radius 3 is 1.25 bits per heavy atom. The van der Waals surface area contributed by atoms with Gasteiger partial charge in [-0.2, -0.15) is 0 Å². The quantitative estimate of drug-likeness (QED) is 0.161. The summed E-state index contributed by atoms with van der Waals surface area (Å²) >= 11 is 0. The Balaban J connectivity index is 1.17. The molecule has 0 aliphatic rings. The lowest BCUT2D eigenvalue weighted by molar-refractivity contribution is 0.620. The number of fused-ring (bicyclic) bond motifs is 3. The fourth-order valence-corrected chi connectivity index (χ4v) is 7.83. The van der Waals surface area contributed by atoms with Crippen LogP contribution in [0.15, 0.2) is 205 Å². The molecule has 0 aliphatic carbocycles. The molecule has 0 N–H and O–H groups in total. The van der Waals surface area contributed by atoms with Crippen LogP contribution in [0, 0.1) is 0 Å². The van der Waals surface area contributed by atoms with E-state index in [0.29, 0.717) is 23.1 Å². The highest BCUT2D eigenvalue weighted by Gasteiger charge is 2.19. The highest BCUT2D eigenvalue weighted by atomic mass is 16.3. The minimum atomic E-state index is 0.507. The van der Waals surface area contributed by atoms with Gasteiger partial charge in [0.2, 0.25) is 5.89 Å². The largest absolute Gasteiger partial charge is 0.436 e. The van der Waals surface area contributed by atoms with Crippen molar-refractivity contribution in [1.29, 1.82) is 0 Å². The predicted octanol–water partition coefficient (Wildman–Crippen LogP) is 13.4. The molecule has 276 valence electrons. The summed E-state index contributed by atoms with van der Waals surface area (Å²) in [4.78, 5) is 26.0. The summed E-state index contributed by atoms with van der Waals surface area (Å²) in [6, 6.07) is 68.1. The molecule has 0 aliphatic heterocycles. The van der Waals surface area contributed by atoms with Crippen LogP contribution in [0.2, 0.25) is 0 Å². The first kappa shape index (κ1) is 34.2. The van der Waals surface area contributed by atoms with Gasteiger partial charge in [0.05, 0.1) is 22.8 Å². The number of hydrogen-bond acceptors (Lipinski definition) is 6. The molecule has 0 unspecified atom stereocenters. The second-order valence-electron chi connectivity index (χ2n) is 14.5. The maximum atomic E-state index is 6.43. The zero-order valence-electron chi connectivity index (χ0n) is 31.7. The summed E-state index contributed by atoms with van der Waals surface area (Å²) in [5.41, 5.74) is 11.1. The molecule has 0 fully saturated rings. The normalized spacial score (nSPS) is 11.4. The van der Waals surface area contributed by atoms with Crippen molar-refractivity contribution < 1.29 is 4.42 Å². The molecule has 0 saturated carbocycles. The fourth-order valence-electron chi connectivity index (χ4n) is 7.83. The molecule has 3 heterocycles. The van der Waals surface area contributed by atoms with Gasteiger partial charge in [-0.25, -0.2) is 24.9 Å². The SMILES string of the molecule is c1ccc(-c2cc(-c3cc(-c4cc(-c5ccccc5)nc(-c5cccc6ccccc56)n4)cc(-c4nc5ccccc5o4)c3)nc(-c3cccc4ccccc34)n2)cc1. The molecule has 0 spiro atoms. The second-order valence-corrected chi connectivity index (χ2v) is 14.5. The van der Waals surface area contributed by atoms with Gasteiger partial charge in [0.15, 0.2) is 17.2 Å². The van der Waals surface area contributed by atoms with Crippen molar-refractivity contribution >= 4 is 32.6 Å². The van der Waals surface area contributed by atoms with E-state index in [2.05, 4.69) is 140 Å². The summed E-state index contributed by atoms with van der Waals surface area (Å²) in [6.07, 6.45) is 0. The van der Waals surface area contributed by atoms with Crippen molar-refractivity contribution in [2.75, 3.05) is 0 Å². The van der Waals surface area contributed by atoms with Gasteiger partial charge in [0.1, 0.15) is 5.52 Å². The van der Waals surface area contributed by atoms with Crippen molar-refractivity contribution in [2.24, 2.45) is 0 Å². The smallest absolute Gasteiger partial charge is 0.227 e. The zero-order chi connectivity index (χ0) is 39.1. The molecule has 3 aromatic heterocycles. The van der Waals surface area contributed by atoms with Crippen molar-refractivity contribution in [3.05, 3.63) is 200 Å². The van der Waals surface area contributed by atoms with Crippen LogP contribution < -0.4 is 0 Å². The topological polar surface area (TPSA) is 77.6 Å². The number of benzene rings is 8. The van der Waals surface area contributed by atoms with Crippen LogP contribution in [-0.4, -0.2) is 24.9 Å². The van der Waals surface area contributed by atoms with Crippen LogP contribution in [0.4, 0.5) is 0 Å². The van der Waals surface area contributed by atoms with Gasteiger partial charge in [-0.1, -0.05) is 158 Å². The minimum absolute atomic E-state index is 0.507. The van der Waals surface area contributed by atoms with Crippen LogP contribution in [-0.2, 0) is 0 Å². The van der Waals surface area contributed by atoms with E-state index in [4.69, 9.17) is 29.3 Å². The van der Waals surface area contributed by atoms with Crippen molar-refractivity contribution in [2.45, 2.75) is 0 Å². The fraction of sp³-hybridized carbons (Fsp3) is 0. The van der Waals surface area contributed by atoms with E-state index in [0.717, 1.165) is 88.8 Å². The van der Waals surface area contributed by atoms with Gasteiger partial charge >= 0.3 is 0 Å². The van der Waals surface area contributed by atoms with Gasteiger partial charge in [-0.3, -0.25) is 0 Å². The maximum absolute atomic E-state index is 6.43. The van der Waals surface area contributed by atoms with Gasteiger partial charge in [-0.05, 0) is 64.0 Å². The summed E-state index contributed by atoms with van der Waals surface area (Å²) in [6.45, 7) is 0.